The lowest BCUT2D eigenvalue weighted by Crippen LogP contribution is -2.51. The Bertz CT molecular complexity index is 767. The molecule has 0 saturated carbocycles. The van der Waals surface area contributed by atoms with Gasteiger partial charge in [0.2, 0.25) is 5.91 Å². The van der Waals surface area contributed by atoms with E-state index in [0.29, 0.717) is 13.0 Å². The largest absolute Gasteiger partial charge is 0.497 e. The van der Waals surface area contributed by atoms with Crippen LogP contribution in [0.4, 0.5) is 4.79 Å². The number of allylic oxidation sites excluding steroid dienone is 1. The number of amides is 3. The number of benzene rings is 1. The predicted molar refractivity (Wildman–Crippen MR) is 107 cm³/mol. The number of urea groups is 1. The number of methoxy groups -OCH3 is 1. The molecule has 0 bridgehead atoms. The summed E-state index contributed by atoms with van der Waals surface area (Å²) in [7, 11) is 1.63. The van der Waals surface area contributed by atoms with E-state index in [1.165, 1.54) is 0 Å². The molecule has 0 saturated heterocycles. The Morgan fingerprint density at radius 2 is 2.14 bits per heavy atom. The molecule has 0 radical (unpaired) electrons. The molecule has 0 spiro atoms. The summed E-state index contributed by atoms with van der Waals surface area (Å²) >= 11 is 0. The maximum atomic E-state index is 12.8. The van der Waals surface area contributed by atoms with Gasteiger partial charge in [0.15, 0.2) is 0 Å². The normalized spacial score (nSPS) is 14.7. The average Bonchev–Trinajstić information content (AvgIpc) is 2.71. The van der Waals surface area contributed by atoms with Gasteiger partial charge in [-0.2, -0.15) is 5.26 Å². The molecule has 28 heavy (non-hydrogen) atoms. The van der Waals surface area contributed by atoms with Crippen LogP contribution in [-0.4, -0.2) is 43.1 Å². The minimum Gasteiger partial charge on any atom is -0.497 e. The lowest BCUT2D eigenvalue weighted by molar-refractivity contribution is -0.123. The summed E-state index contributed by atoms with van der Waals surface area (Å²) in [4.78, 5) is 26.7. The molecule has 0 fully saturated rings. The van der Waals surface area contributed by atoms with E-state index in [2.05, 4.69) is 10.6 Å². The Morgan fingerprint density at radius 1 is 1.36 bits per heavy atom. The third-order valence-electron chi connectivity index (χ3n) is 4.52. The van der Waals surface area contributed by atoms with Gasteiger partial charge in [-0.3, -0.25) is 4.79 Å². The highest BCUT2D eigenvalue weighted by atomic mass is 16.5. The fraction of sp³-hybridized carbons (Fsp3) is 0.476. The number of nitrogens with one attached hydrogen (secondary N) is 2. The van der Waals surface area contributed by atoms with Crippen LogP contribution in [0, 0.1) is 17.2 Å². The zero-order valence-electron chi connectivity index (χ0n) is 16.7. The first-order chi connectivity index (χ1) is 13.4. The number of rotatable bonds is 7. The van der Waals surface area contributed by atoms with Crippen molar-refractivity contribution in [3.8, 4) is 11.8 Å². The van der Waals surface area contributed by atoms with Gasteiger partial charge in [-0.15, -0.1) is 0 Å². The summed E-state index contributed by atoms with van der Waals surface area (Å²) < 4.78 is 5.28. The third-order valence-corrected chi connectivity index (χ3v) is 4.52. The molecule has 2 N–H and O–H groups in total. The van der Waals surface area contributed by atoms with Crippen molar-refractivity contribution in [2.75, 3.05) is 20.2 Å². The number of ether oxygens (including phenoxy) is 1. The van der Waals surface area contributed by atoms with Crippen LogP contribution in [0.1, 0.15) is 38.7 Å². The summed E-state index contributed by atoms with van der Waals surface area (Å²) in [5.41, 5.74) is 2.07. The van der Waals surface area contributed by atoms with Crippen molar-refractivity contribution < 1.29 is 14.3 Å². The van der Waals surface area contributed by atoms with Crippen LogP contribution >= 0.6 is 0 Å². The molecule has 1 heterocycles. The van der Waals surface area contributed by atoms with Crippen molar-refractivity contribution in [3.63, 3.8) is 0 Å². The Labute approximate surface area is 166 Å². The van der Waals surface area contributed by atoms with Crippen molar-refractivity contribution in [3.05, 3.63) is 36.0 Å². The van der Waals surface area contributed by atoms with Gasteiger partial charge in [0.05, 0.1) is 13.2 Å². The van der Waals surface area contributed by atoms with Gasteiger partial charge in [-0.25, -0.2) is 4.79 Å². The monoisotopic (exact) mass is 384 g/mol. The summed E-state index contributed by atoms with van der Waals surface area (Å²) in [5.74, 6) is 0.658. The molecule has 1 unspecified atom stereocenters. The van der Waals surface area contributed by atoms with Gasteiger partial charge < -0.3 is 20.3 Å². The van der Waals surface area contributed by atoms with Gasteiger partial charge in [-0.05, 0) is 48.4 Å². The van der Waals surface area contributed by atoms with Gasteiger partial charge in [0, 0.05) is 12.7 Å². The van der Waals surface area contributed by atoms with Crippen molar-refractivity contribution >= 4 is 17.5 Å². The molecule has 0 aliphatic carbocycles. The molecule has 150 valence electrons. The molecular weight excluding hydrogens is 356 g/mol. The maximum absolute atomic E-state index is 12.8. The van der Waals surface area contributed by atoms with E-state index in [0.717, 1.165) is 29.7 Å². The fourth-order valence-corrected chi connectivity index (χ4v) is 3.14. The molecular formula is C21H28N4O3. The van der Waals surface area contributed by atoms with Crippen LogP contribution in [0.3, 0.4) is 0 Å². The Hall–Kier alpha value is -3.01. The van der Waals surface area contributed by atoms with E-state index in [4.69, 9.17) is 10.00 Å². The molecule has 1 aliphatic rings. The number of hydrogen-bond acceptors (Lipinski definition) is 4. The molecule has 7 nitrogen and oxygen atoms in total. The van der Waals surface area contributed by atoms with Crippen molar-refractivity contribution in [2.45, 2.75) is 39.2 Å². The Kier molecular flexibility index (Phi) is 7.88. The SMILES string of the molecule is COc1cccc(C2=CN(C(=O)NC(CC(C)C)C(=O)NCC#N)CCC2)c1. The zero-order valence-corrected chi connectivity index (χ0v) is 16.7. The molecule has 1 aromatic carbocycles. The average molecular weight is 384 g/mol. The molecule has 1 atom stereocenters. The standard InChI is InChI=1S/C21H28N4O3/c1-15(2)12-19(20(26)23-10-9-22)24-21(27)25-11-5-7-17(14-25)16-6-4-8-18(13-16)28-3/h4,6,8,13-15,19H,5,7,10-12H2,1-3H3,(H,23,26)(H,24,27). The van der Waals surface area contributed by atoms with E-state index in [1.807, 2.05) is 50.4 Å². The number of nitriles is 1. The van der Waals surface area contributed by atoms with Crippen LogP contribution in [-0.2, 0) is 4.79 Å². The van der Waals surface area contributed by atoms with Crippen LogP contribution < -0.4 is 15.4 Å². The Balaban J connectivity index is 2.12. The zero-order chi connectivity index (χ0) is 20.5. The minimum absolute atomic E-state index is 0.0765. The maximum Gasteiger partial charge on any atom is 0.322 e. The molecule has 0 aromatic heterocycles. The second-order valence-electron chi connectivity index (χ2n) is 7.19. The molecule has 1 aliphatic heterocycles. The molecule has 1 aromatic rings. The van der Waals surface area contributed by atoms with Crippen LogP contribution in [0.25, 0.3) is 5.57 Å². The van der Waals surface area contributed by atoms with E-state index in [9.17, 15) is 9.59 Å². The highest BCUT2D eigenvalue weighted by Crippen LogP contribution is 2.27. The Morgan fingerprint density at radius 3 is 2.82 bits per heavy atom. The lowest BCUT2D eigenvalue weighted by atomic mass is 9.99. The first-order valence-corrected chi connectivity index (χ1v) is 9.51. The quantitative estimate of drug-likeness (QED) is 0.707. The first-order valence-electron chi connectivity index (χ1n) is 9.51. The van der Waals surface area contributed by atoms with Gasteiger partial charge >= 0.3 is 6.03 Å². The van der Waals surface area contributed by atoms with E-state index in [1.54, 1.807) is 12.0 Å². The van der Waals surface area contributed by atoms with Gasteiger partial charge in [0.1, 0.15) is 18.3 Å². The highest BCUT2D eigenvalue weighted by molar-refractivity contribution is 5.88. The summed E-state index contributed by atoms with van der Waals surface area (Å²) in [6, 6.07) is 8.65. The van der Waals surface area contributed by atoms with E-state index in [-0.39, 0.29) is 24.4 Å². The number of hydrogen-bond donors (Lipinski definition) is 2. The third kappa shape index (κ3) is 6.02. The summed E-state index contributed by atoms with van der Waals surface area (Å²) in [6.45, 7) is 4.48. The molecule has 2 rings (SSSR count). The minimum atomic E-state index is -0.670. The number of carbonyl (C=O) groups is 2. The second kappa shape index (κ2) is 10.4. The molecule has 3 amide bonds. The fourth-order valence-electron chi connectivity index (χ4n) is 3.14. The van der Waals surface area contributed by atoms with Gasteiger partial charge in [-0.1, -0.05) is 26.0 Å². The molecule has 7 heteroatoms. The lowest BCUT2D eigenvalue weighted by Gasteiger charge is -2.28. The highest BCUT2D eigenvalue weighted by Gasteiger charge is 2.25. The second-order valence-corrected chi connectivity index (χ2v) is 7.19. The first kappa shape index (κ1) is 21.3. The van der Waals surface area contributed by atoms with Gasteiger partial charge in [0.25, 0.3) is 0 Å². The number of nitrogens with zero attached hydrogens (tertiary/aromatic N) is 2. The summed E-state index contributed by atoms with van der Waals surface area (Å²) in [5, 5.41) is 14.0. The van der Waals surface area contributed by atoms with Crippen molar-refractivity contribution in [1.29, 1.82) is 5.26 Å². The van der Waals surface area contributed by atoms with Crippen LogP contribution in [0.2, 0.25) is 0 Å². The topological polar surface area (TPSA) is 94.5 Å². The number of carbonyl (C=O) groups excluding carboxylic acids is 2. The van der Waals surface area contributed by atoms with Crippen molar-refractivity contribution in [1.82, 2.24) is 15.5 Å². The smallest absolute Gasteiger partial charge is 0.322 e. The van der Waals surface area contributed by atoms with Crippen molar-refractivity contribution in [2.24, 2.45) is 5.92 Å². The van der Waals surface area contributed by atoms with Crippen LogP contribution in [0.15, 0.2) is 30.5 Å². The van der Waals surface area contributed by atoms with Crippen LogP contribution in [0.5, 0.6) is 5.75 Å². The predicted octanol–water partition coefficient (Wildman–Crippen LogP) is 2.90. The summed E-state index contributed by atoms with van der Waals surface area (Å²) in [6.07, 6.45) is 4.05. The van der Waals surface area contributed by atoms with E-state index >= 15 is 0 Å². The van der Waals surface area contributed by atoms with E-state index < -0.39 is 6.04 Å².